The Balaban J connectivity index is 0.00000144. The fourth-order valence-electron chi connectivity index (χ4n) is 1.92. The molecule has 1 aliphatic heterocycles. The van der Waals surface area contributed by atoms with Crippen LogP contribution in [-0.2, 0) is 0 Å². The third-order valence-electron chi connectivity index (χ3n) is 3.21. The number of ether oxygens (including phenoxy) is 2. The van der Waals surface area contributed by atoms with Gasteiger partial charge in [-0.1, -0.05) is 32.4 Å². The molecule has 0 aromatic heterocycles. The Morgan fingerprint density at radius 1 is 1.29 bits per heavy atom. The van der Waals surface area contributed by atoms with Crippen molar-refractivity contribution in [3.63, 3.8) is 0 Å². The molecule has 0 saturated carbocycles. The average Bonchev–Trinajstić information content (AvgIpc) is 2.36. The number of para-hydroxylation sites is 1. The van der Waals surface area contributed by atoms with Crippen LogP contribution in [0.25, 0.3) is 0 Å². The molecule has 1 heterocycles. The predicted octanol–water partition coefficient (Wildman–Crippen LogP) is 2.93. The fraction of sp³-hybridized carbons (Fsp3) is 0.538. The molecule has 2 atom stereocenters. The van der Waals surface area contributed by atoms with E-state index in [2.05, 4.69) is 13.8 Å². The summed E-state index contributed by atoms with van der Waals surface area (Å²) in [7, 11) is 0. The van der Waals surface area contributed by atoms with Gasteiger partial charge < -0.3 is 15.2 Å². The number of halogens is 1. The molecule has 2 rings (SSSR count). The summed E-state index contributed by atoms with van der Waals surface area (Å²) in [5.41, 5.74) is 7.30. The van der Waals surface area contributed by atoms with Crippen LogP contribution >= 0.6 is 12.4 Å². The molecule has 3 nitrogen and oxygen atoms in total. The van der Waals surface area contributed by atoms with Gasteiger partial charge in [-0.15, -0.1) is 12.4 Å². The first-order chi connectivity index (χ1) is 7.74. The molecule has 0 bridgehead atoms. The quantitative estimate of drug-likeness (QED) is 0.906. The topological polar surface area (TPSA) is 44.5 Å². The van der Waals surface area contributed by atoms with Crippen LogP contribution < -0.4 is 15.2 Å². The minimum atomic E-state index is 0. The maximum absolute atomic E-state index is 6.24. The van der Waals surface area contributed by atoms with Gasteiger partial charge in [0.2, 0.25) is 0 Å². The third kappa shape index (κ3) is 2.85. The van der Waals surface area contributed by atoms with E-state index >= 15 is 0 Å². The van der Waals surface area contributed by atoms with Crippen LogP contribution in [0.15, 0.2) is 18.2 Å². The molecule has 0 aliphatic carbocycles. The van der Waals surface area contributed by atoms with Crippen molar-refractivity contribution >= 4 is 12.4 Å². The zero-order chi connectivity index (χ0) is 11.5. The molecule has 2 N–H and O–H groups in total. The van der Waals surface area contributed by atoms with Crippen LogP contribution in [0.5, 0.6) is 11.5 Å². The van der Waals surface area contributed by atoms with Crippen LogP contribution in [0.2, 0.25) is 0 Å². The van der Waals surface area contributed by atoms with Crippen LogP contribution in [0, 0.1) is 5.92 Å². The Hall–Kier alpha value is -0.930. The lowest BCUT2D eigenvalue weighted by atomic mass is 9.92. The molecule has 0 spiro atoms. The molecule has 1 aromatic carbocycles. The summed E-state index contributed by atoms with van der Waals surface area (Å²) in [6.07, 6.45) is 1.06. The van der Waals surface area contributed by atoms with E-state index in [9.17, 15) is 0 Å². The molecule has 0 fully saturated rings. The maximum Gasteiger partial charge on any atom is 0.166 e. The molecule has 96 valence electrons. The van der Waals surface area contributed by atoms with Crippen molar-refractivity contribution in [3.8, 4) is 11.5 Å². The van der Waals surface area contributed by atoms with Crippen molar-refractivity contribution in [1.29, 1.82) is 0 Å². The molecular weight excluding hydrogens is 238 g/mol. The largest absolute Gasteiger partial charge is 0.486 e. The highest BCUT2D eigenvalue weighted by molar-refractivity contribution is 5.85. The van der Waals surface area contributed by atoms with E-state index in [1.165, 1.54) is 0 Å². The summed E-state index contributed by atoms with van der Waals surface area (Å²) in [5.74, 6) is 2.10. The second-order valence-electron chi connectivity index (χ2n) is 4.28. The van der Waals surface area contributed by atoms with E-state index in [1.807, 2.05) is 18.2 Å². The normalized spacial score (nSPS) is 16.9. The Kier molecular flexibility index (Phi) is 5.09. The number of benzene rings is 1. The van der Waals surface area contributed by atoms with E-state index in [0.29, 0.717) is 19.1 Å². The van der Waals surface area contributed by atoms with Crippen molar-refractivity contribution in [2.75, 3.05) is 13.2 Å². The summed E-state index contributed by atoms with van der Waals surface area (Å²) in [6, 6.07) is 5.96. The smallest absolute Gasteiger partial charge is 0.166 e. The monoisotopic (exact) mass is 257 g/mol. The zero-order valence-electron chi connectivity index (χ0n) is 10.3. The molecule has 0 saturated heterocycles. The van der Waals surface area contributed by atoms with Gasteiger partial charge >= 0.3 is 0 Å². The van der Waals surface area contributed by atoms with Gasteiger partial charge in [0.15, 0.2) is 11.5 Å². The van der Waals surface area contributed by atoms with Crippen molar-refractivity contribution in [2.24, 2.45) is 11.7 Å². The van der Waals surface area contributed by atoms with Crippen LogP contribution in [-0.4, -0.2) is 13.2 Å². The van der Waals surface area contributed by atoms with E-state index in [1.54, 1.807) is 0 Å². The van der Waals surface area contributed by atoms with Gasteiger partial charge in [-0.2, -0.15) is 0 Å². The highest BCUT2D eigenvalue weighted by Crippen LogP contribution is 2.38. The molecular formula is C13H20ClNO2. The minimum absolute atomic E-state index is 0. The van der Waals surface area contributed by atoms with Crippen LogP contribution in [0.4, 0.5) is 0 Å². The molecule has 0 radical (unpaired) electrons. The average molecular weight is 258 g/mol. The summed E-state index contributed by atoms with van der Waals surface area (Å²) in [6.45, 7) is 5.54. The van der Waals surface area contributed by atoms with Gasteiger partial charge in [-0.05, 0) is 12.0 Å². The van der Waals surface area contributed by atoms with Crippen molar-refractivity contribution in [3.05, 3.63) is 23.8 Å². The second kappa shape index (κ2) is 6.12. The van der Waals surface area contributed by atoms with Gasteiger partial charge in [0, 0.05) is 11.6 Å². The number of hydrogen-bond acceptors (Lipinski definition) is 3. The van der Waals surface area contributed by atoms with Gasteiger partial charge in [-0.3, -0.25) is 0 Å². The molecule has 4 heteroatoms. The van der Waals surface area contributed by atoms with Crippen molar-refractivity contribution in [2.45, 2.75) is 26.3 Å². The Bertz CT molecular complexity index is 370. The molecule has 17 heavy (non-hydrogen) atoms. The molecule has 1 aliphatic rings. The van der Waals surface area contributed by atoms with Gasteiger partial charge in [0.1, 0.15) is 13.2 Å². The molecule has 0 amide bonds. The van der Waals surface area contributed by atoms with Gasteiger partial charge in [0.25, 0.3) is 0 Å². The zero-order valence-corrected chi connectivity index (χ0v) is 11.1. The molecule has 1 unspecified atom stereocenters. The Morgan fingerprint density at radius 3 is 2.71 bits per heavy atom. The second-order valence-corrected chi connectivity index (χ2v) is 4.28. The molecule has 1 aromatic rings. The number of fused-ring (bicyclic) bond motifs is 1. The first kappa shape index (κ1) is 14.1. The summed E-state index contributed by atoms with van der Waals surface area (Å²) >= 11 is 0. The minimum Gasteiger partial charge on any atom is -0.486 e. The van der Waals surface area contributed by atoms with Crippen LogP contribution in [0.1, 0.15) is 31.9 Å². The van der Waals surface area contributed by atoms with Crippen molar-refractivity contribution < 1.29 is 9.47 Å². The van der Waals surface area contributed by atoms with Gasteiger partial charge in [-0.25, -0.2) is 0 Å². The summed E-state index contributed by atoms with van der Waals surface area (Å²) in [5, 5.41) is 0. The van der Waals surface area contributed by atoms with Gasteiger partial charge in [0.05, 0.1) is 0 Å². The Morgan fingerprint density at radius 2 is 2.00 bits per heavy atom. The number of nitrogens with two attached hydrogens (primary N) is 1. The first-order valence-electron chi connectivity index (χ1n) is 5.88. The highest BCUT2D eigenvalue weighted by atomic mass is 35.5. The first-order valence-corrected chi connectivity index (χ1v) is 5.88. The standard InChI is InChI=1S/C13H19NO2.ClH/c1-3-9(2)12(14)10-5-4-6-11-13(10)16-8-7-15-11;/h4-6,9,12H,3,7-8,14H2,1-2H3;1H/t9?,12-;/m0./s1. The van der Waals surface area contributed by atoms with Crippen molar-refractivity contribution in [1.82, 2.24) is 0 Å². The summed E-state index contributed by atoms with van der Waals surface area (Å²) in [4.78, 5) is 0. The fourth-order valence-corrected chi connectivity index (χ4v) is 1.92. The Labute approximate surface area is 109 Å². The third-order valence-corrected chi connectivity index (χ3v) is 3.21. The van der Waals surface area contributed by atoms with Crippen LogP contribution in [0.3, 0.4) is 0 Å². The predicted molar refractivity (Wildman–Crippen MR) is 71.1 cm³/mol. The SMILES string of the molecule is CCC(C)[C@H](N)c1cccc2c1OCCO2.Cl. The number of rotatable bonds is 3. The number of hydrogen-bond donors (Lipinski definition) is 1. The maximum atomic E-state index is 6.24. The van der Waals surface area contributed by atoms with E-state index in [4.69, 9.17) is 15.2 Å². The van der Waals surface area contributed by atoms with E-state index in [-0.39, 0.29) is 18.4 Å². The van der Waals surface area contributed by atoms with E-state index in [0.717, 1.165) is 23.5 Å². The highest BCUT2D eigenvalue weighted by Gasteiger charge is 2.22. The summed E-state index contributed by atoms with van der Waals surface area (Å²) < 4.78 is 11.2. The lowest BCUT2D eigenvalue weighted by Crippen LogP contribution is -2.22. The lowest BCUT2D eigenvalue weighted by Gasteiger charge is -2.25. The van der Waals surface area contributed by atoms with E-state index < -0.39 is 0 Å². The lowest BCUT2D eigenvalue weighted by molar-refractivity contribution is 0.168.